The molecule has 114 valence electrons. The van der Waals surface area contributed by atoms with Gasteiger partial charge >= 0.3 is 0 Å². The summed E-state index contributed by atoms with van der Waals surface area (Å²) >= 11 is 1.86. The van der Waals surface area contributed by atoms with Crippen LogP contribution in [0.1, 0.15) is 32.0 Å². The number of aromatic nitrogens is 2. The van der Waals surface area contributed by atoms with Gasteiger partial charge in [0.15, 0.2) is 5.82 Å². The molecule has 0 unspecified atom stereocenters. The van der Waals surface area contributed by atoms with E-state index in [1.807, 2.05) is 30.0 Å². The third-order valence-corrected chi connectivity index (χ3v) is 4.23. The van der Waals surface area contributed by atoms with Crippen LogP contribution in [0.2, 0.25) is 0 Å². The van der Waals surface area contributed by atoms with Crippen molar-refractivity contribution in [3.63, 3.8) is 0 Å². The maximum Gasteiger partial charge on any atom is 0.226 e. The SMILES string of the molecule is CC(C)CSCc1noc(CCCNc2ccccc2)n1. The summed E-state index contributed by atoms with van der Waals surface area (Å²) in [7, 11) is 0. The number of rotatable bonds is 9. The van der Waals surface area contributed by atoms with E-state index in [4.69, 9.17) is 4.52 Å². The van der Waals surface area contributed by atoms with Crippen LogP contribution in [-0.2, 0) is 12.2 Å². The molecule has 0 bridgehead atoms. The van der Waals surface area contributed by atoms with Gasteiger partial charge in [-0.2, -0.15) is 16.7 Å². The lowest BCUT2D eigenvalue weighted by molar-refractivity contribution is 0.373. The highest BCUT2D eigenvalue weighted by Crippen LogP contribution is 2.13. The molecule has 0 aliphatic carbocycles. The van der Waals surface area contributed by atoms with Gasteiger partial charge in [0, 0.05) is 18.7 Å². The number of nitrogens with one attached hydrogen (secondary N) is 1. The van der Waals surface area contributed by atoms with Crippen molar-refractivity contribution < 1.29 is 4.52 Å². The Morgan fingerprint density at radius 3 is 2.81 bits per heavy atom. The summed E-state index contributed by atoms with van der Waals surface area (Å²) in [4.78, 5) is 4.43. The van der Waals surface area contributed by atoms with Crippen molar-refractivity contribution in [3.8, 4) is 0 Å². The predicted octanol–water partition coefficient (Wildman–Crippen LogP) is 4.00. The van der Waals surface area contributed by atoms with E-state index in [0.29, 0.717) is 5.92 Å². The quantitative estimate of drug-likeness (QED) is 0.710. The Bertz CT molecular complexity index is 513. The Labute approximate surface area is 130 Å². The molecule has 5 heteroatoms. The van der Waals surface area contributed by atoms with Crippen molar-refractivity contribution in [1.82, 2.24) is 10.1 Å². The lowest BCUT2D eigenvalue weighted by Gasteiger charge is -2.04. The number of benzene rings is 1. The molecule has 0 spiro atoms. The first kappa shape index (κ1) is 15.9. The van der Waals surface area contributed by atoms with Crippen LogP contribution in [0.15, 0.2) is 34.9 Å². The van der Waals surface area contributed by atoms with Gasteiger partial charge in [-0.15, -0.1) is 0 Å². The number of thioether (sulfide) groups is 1. The van der Waals surface area contributed by atoms with E-state index in [0.717, 1.165) is 48.3 Å². The topological polar surface area (TPSA) is 51.0 Å². The summed E-state index contributed by atoms with van der Waals surface area (Å²) in [5.74, 6) is 4.22. The Morgan fingerprint density at radius 1 is 1.24 bits per heavy atom. The monoisotopic (exact) mass is 305 g/mol. The molecule has 1 aromatic heterocycles. The van der Waals surface area contributed by atoms with E-state index in [-0.39, 0.29) is 0 Å². The first-order valence-corrected chi connectivity index (χ1v) is 8.57. The highest BCUT2D eigenvalue weighted by atomic mass is 32.2. The average molecular weight is 305 g/mol. The molecule has 2 rings (SSSR count). The maximum absolute atomic E-state index is 5.27. The van der Waals surface area contributed by atoms with Gasteiger partial charge in [-0.3, -0.25) is 0 Å². The number of anilines is 1. The van der Waals surface area contributed by atoms with Gasteiger partial charge in [-0.25, -0.2) is 0 Å². The zero-order valence-electron chi connectivity index (χ0n) is 12.7. The fraction of sp³-hybridized carbons (Fsp3) is 0.500. The van der Waals surface area contributed by atoms with Crippen molar-refractivity contribution >= 4 is 17.4 Å². The number of aryl methyl sites for hydroxylation is 1. The van der Waals surface area contributed by atoms with E-state index in [9.17, 15) is 0 Å². The molecule has 0 atom stereocenters. The highest BCUT2D eigenvalue weighted by Gasteiger charge is 2.06. The molecule has 2 aromatic rings. The zero-order valence-corrected chi connectivity index (χ0v) is 13.5. The van der Waals surface area contributed by atoms with Crippen LogP contribution in [-0.4, -0.2) is 22.4 Å². The van der Waals surface area contributed by atoms with E-state index in [1.165, 1.54) is 0 Å². The second-order valence-electron chi connectivity index (χ2n) is 5.41. The molecule has 0 fully saturated rings. The molecule has 0 amide bonds. The number of hydrogen-bond donors (Lipinski definition) is 1. The summed E-state index contributed by atoms with van der Waals surface area (Å²) in [5.41, 5.74) is 1.15. The Balaban J connectivity index is 1.63. The third kappa shape index (κ3) is 6.21. The average Bonchev–Trinajstić information content (AvgIpc) is 2.92. The van der Waals surface area contributed by atoms with Crippen LogP contribution in [0.25, 0.3) is 0 Å². The van der Waals surface area contributed by atoms with Crippen LogP contribution in [0, 0.1) is 5.92 Å². The summed E-state index contributed by atoms with van der Waals surface area (Å²) in [6.07, 6.45) is 1.80. The first-order chi connectivity index (χ1) is 10.2. The van der Waals surface area contributed by atoms with Gasteiger partial charge in [-0.1, -0.05) is 37.2 Å². The smallest absolute Gasteiger partial charge is 0.226 e. The predicted molar refractivity (Wildman–Crippen MR) is 88.6 cm³/mol. The fourth-order valence-electron chi connectivity index (χ4n) is 1.86. The normalized spacial score (nSPS) is 11.0. The fourth-order valence-corrected chi connectivity index (χ4v) is 2.75. The molecule has 4 nitrogen and oxygen atoms in total. The van der Waals surface area contributed by atoms with Crippen molar-refractivity contribution in [2.24, 2.45) is 5.92 Å². The second-order valence-corrected chi connectivity index (χ2v) is 6.44. The first-order valence-electron chi connectivity index (χ1n) is 7.42. The van der Waals surface area contributed by atoms with Gasteiger partial charge in [0.1, 0.15) is 0 Å². The van der Waals surface area contributed by atoms with Gasteiger partial charge in [0.25, 0.3) is 0 Å². The van der Waals surface area contributed by atoms with Crippen molar-refractivity contribution in [3.05, 3.63) is 42.0 Å². The zero-order chi connectivity index (χ0) is 14.9. The van der Waals surface area contributed by atoms with Gasteiger partial charge in [-0.05, 0) is 30.2 Å². The van der Waals surface area contributed by atoms with Crippen LogP contribution in [0.5, 0.6) is 0 Å². The second kappa shape index (κ2) is 8.72. The maximum atomic E-state index is 5.27. The molecule has 0 saturated carbocycles. The Morgan fingerprint density at radius 2 is 2.05 bits per heavy atom. The third-order valence-electron chi connectivity index (χ3n) is 2.86. The summed E-state index contributed by atoms with van der Waals surface area (Å²) in [6, 6.07) is 10.2. The van der Waals surface area contributed by atoms with Crippen LogP contribution in [0.3, 0.4) is 0 Å². The van der Waals surface area contributed by atoms with E-state index >= 15 is 0 Å². The highest BCUT2D eigenvalue weighted by molar-refractivity contribution is 7.98. The van der Waals surface area contributed by atoms with Gasteiger partial charge in [0.2, 0.25) is 5.89 Å². The molecule has 21 heavy (non-hydrogen) atoms. The summed E-state index contributed by atoms with van der Waals surface area (Å²) in [6.45, 7) is 5.34. The Kier molecular flexibility index (Phi) is 6.60. The minimum absolute atomic E-state index is 0.699. The minimum Gasteiger partial charge on any atom is -0.385 e. The molecule has 1 aromatic carbocycles. The molecule has 0 radical (unpaired) electrons. The van der Waals surface area contributed by atoms with Crippen LogP contribution >= 0.6 is 11.8 Å². The molecule has 0 saturated heterocycles. The van der Waals surface area contributed by atoms with Crippen molar-refractivity contribution in [1.29, 1.82) is 0 Å². The van der Waals surface area contributed by atoms with Crippen molar-refractivity contribution in [2.45, 2.75) is 32.4 Å². The number of nitrogens with zero attached hydrogens (tertiary/aromatic N) is 2. The Hall–Kier alpha value is -1.49. The van der Waals surface area contributed by atoms with Crippen molar-refractivity contribution in [2.75, 3.05) is 17.6 Å². The molecule has 0 aliphatic rings. The molecule has 1 N–H and O–H groups in total. The molecule has 1 heterocycles. The standard InChI is InChI=1S/C16H23N3OS/c1-13(2)11-21-12-15-18-16(20-19-15)9-6-10-17-14-7-4-3-5-8-14/h3-5,7-8,13,17H,6,9-12H2,1-2H3. The van der Waals surface area contributed by atoms with E-state index < -0.39 is 0 Å². The molecule has 0 aliphatic heterocycles. The number of para-hydroxylation sites is 1. The van der Waals surface area contributed by atoms with E-state index in [1.54, 1.807) is 0 Å². The van der Waals surface area contributed by atoms with E-state index in [2.05, 4.69) is 41.4 Å². The lowest BCUT2D eigenvalue weighted by atomic mass is 10.3. The minimum atomic E-state index is 0.699. The summed E-state index contributed by atoms with van der Waals surface area (Å²) in [5, 5.41) is 7.40. The number of hydrogen-bond acceptors (Lipinski definition) is 5. The molecular weight excluding hydrogens is 282 g/mol. The van der Waals surface area contributed by atoms with Gasteiger partial charge < -0.3 is 9.84 Å². The summed E-state index contributed by atoms with van der Waals surface area (Å²) < 4.78 is 5.27. The van der Waals surface area contributed by atoms with Crippen LogP contribution in [0.4, 0.5) is 5.69 Å². The van der Waals surface area contributed by atoms with Crippen LogP contribution < -0.4 is 5.32 Å². The molecular formula is C16H23N3OS. The largest absolute Gasteiger partial charge is 0.385 e. The van der Waals surface area contributed by atoms with Gasteiger partial charge in [0.05, 0.1) is 5.75 Å². The lowest BCUT2D eigenvalue weighted by Crippen LogP contribution is -2.02.